The van der Waals surface area contributed by atoms with Crippen molar-refractivity contribution in [3.63, 3.8) is 0 Å². The van der Waals surface area contributed by atoms with Gasteiger partial charge in [-0.3, -0.25) is 4.79 Å². The number of aliphatic carboxylic acids is 1. The van der Waals surface area contributed by atoms with Crippen molar-refractivity contribution in [2.75, 3.05) is 11.9 Å². The summed E-state index contributed by atoms with van der Waals surface area (Å²) < 4.78 is 1.49. The number of rotatable bonds is 6. The van der Waals surface area contributed by atoms with Crippen LogP contribution < -0.4 is 16.0 Å². The molecule has 6 rings (SSSR count). The van der Waals surface area contributed by atoms with E-state index in [1.54, 1.807) is 6.20 Å². The van der Waals surface area contributed by atoms with Gasteiger partial charge in [0.15, 0.2) is 0 Å². The number of nitrogens with zero attached hydrogens (tertiary/aromatic N) is 2. The smallest absolute Gasteiger partial charge is 0.288 e. The first-order valence-corrected chi connectivity index (χ1v) is 11.1. The maximum absolute atomic E-state index is 13.2. The van der Waals surface area contributed by atoms with Gasteiger partial charge < -0.3 is 15.2 Å². The van der Waals surface area contributed by atoms with Crippen molar-refractivity contribution >= 4 is 23.3 Å². The topological polar surface area (TPSA) is 87.0 Å². The zero-order chi connectivity index (χ0) is 20.9. The lowest BCUT2D eigenvalue weighted by atomic mass is 9.47. The van der Waals surface area contributed by atoms with E-state index in [0.29, 0.717) is 43.3 Å². The van der Waals surface area contributed by atoms with Gasteiger partial charge in [0, 0.05) is 17.9 Å². The van der Waals surface area contributed by atoms with Gasteiger partial charge in [-0.15, -0.1) is 0 Å². The standard InChI is InChI=1S/C23H26ClN3O3/c24-19-18(25-7-6-15-4-2-1-3-5-15)13-26-27(20(19)28)23-11-16-8-17(12-23)10-22(9-16,14-23)21(29)30/h1-5,13,16-17,25H,6-12,14H2,(H,29,30)/p-1/t16-,17+,22?,23?. The Bertz CT molecular complexity index is 1020. The first kappa shape index (κ1) is 19.6. The minimum absolute atomic E-state index is 0.122. The molecule has 1 aromatic carbocycles. The molecule has 0 aliphatic heterocycles. The van der Waals surface area contributed by atoms with Crippen LogP contribution in [0.3, 0.4) is 0 Å². The van der Waals surface area contributed by atoms with Gasteiger partial charge in [0.1, 0.15) is 5.02 Å². The lowest BCUT2D eigenvalue weighted by Gasteiger charge is -2.62. The van der Waals surface area contributed by atoms with Crippen molar-refractivity contribution < 1.29 is 9.90 Å². The normalized spacial score (nSPS) is 31.6. The molecule has 2 unspecified atom stereocenters. The molecule has 4 aliphatic rings. The predicted molar refractivity (Wildman–Crippen MR) is 112 cm³/mol. The molecule has 0 radical (unpaired) electrons. The highest BCUT2D eigenvalue weighted by Crippen LogP contribution is 2.63. The molecule has 4 saturated carbocycles. The number of hydrogen-bond acceptors (Lipinski definition) is 5. The molecule has 2 aromatic rings. The third kappa shape index (κ3) is 3.13. The van der Waals surface area contributed by atoms with Gasteiger partial charge in [0.2, 0.25) is 0 Å². The molecule has 1 heterocycles. The Morgan fingerprint density at radius 1 is 1.20 bits per heavy atom. The summed E-state index contributed by atoms with van der Waals surface area (Å²) in [5.41, 5.74) is -0.00819. The van der Waals surface area contributed by atoms with Crippen molar-refractivity contribution in [2.45, 2.75) is 50.5 Å². The largest absolute Gasteiger partial charge is 0.550 e. The van der Waals surface area contributed by atoms with Crippen molar-refractivity contribution in [1.29, 1.82) is 0 Å². The molecule has 4 bridgehead atoms. The van der Waals surface area contributed by atoms with E-state index in [-0.39, 0.29) is 10.6 Å². The fourth-order valence-corrected chi connectivity index (χ4v) is 6.78. The third-order valence-corrected chi connectivity index (χ3v) is 7.77. The Hall–Kier alpha value is -2.34. The van der Waals surface area contributed by atoms with E-state index >= 15 is 0 Å². The zero-order valence-electron chi connectivity index (χ0n) is 16.8. The Labute approximate surface area is 180 Å². The lowest BCUT2D eigenvalue weighted by Crippen LogP contribution is -2.63. The minimum Gasteiger partial charge on any atom is -0.550 e. The van der Waals surface area contributed by atoms with Gasteiger partial charge in [0.05, 0.1) is 17.4 Å². The maximum Gasteiger partial charge on any atom is 0.288 e. The molecular formula is C23H25ClN3O3-. The molecule has 4 atom stereocenters. The Balaban J connectivity index is 1.40. The van der Waals surface area contributed by atoms with Crippen molar-refractivity contribution in [3.8, 4) is 0 Å². The van der Waals surface area contributed by atoms with Gasteiger partial charge in [-0.1, -0.05) is 41.9 Å². The Morgan fingerprint density at radius 2 is 1.90 bits per heavy atom. The highest BCUT2D eigenvalue weighted by Gasteiger charge is 2.60. The second-order valence-corrected chi connectivity index (χ2v) is 9.88. The van der Waals surface area contributed by atoms with Gasteiger partial charge in [-0.05, 0) is 62.3 Å². The number of aromatic nitrogens is 2. The number of anilines is 1. The van der Waals surface area contributed by atoms with Gasteiger partial charge in [-0.25, -0.2) is 4.68 Å². The fraction of sp³-hybridized carbons (Fsp3) is 0.522. The van der Waals surface area contributed by atoms with Crippen LogP contribution in [-0.4, -0.2) is 22.3 Å². The molecule has 0 spiro atoms. The quantitative estimate of drug-likeness (QED) is 0.767. The van der Waals surface area contributed by atoms with Gasteiger partial charge in [0.25, 0.3) is 5.56 Å². The first-order valence-electron chi connectivity index (χ1n) is 10.7. The fourth-order valence-electron chi connectivity index (χ4n) is 6.58. The van der Waals surface area contributed by atoms with Crippen molar-refractivity contribution in [2.24, 2.45) is 17.3 Å². The molecule has 4 fully saturated rings. The van der Waals surface area contributed by atoms with Crippen molar-refractivity contribution in [1.82, 2.24) is 9.78 Å². The SMILES string of the molecule is O=C([O-])C12C[C@H]3C[C@@H](C1)CC(n1ncc(NCCc4ccccc4)c(Cl)c1=O)(C3)C2. The van der Waals surface area contributed by atoms with E-state index in [1.165, 1.54) is 10.2 Å². The number of halogens is 1. The minimum atomic E-state index is -0.973. The number of carboxylic acid groups (broad SMARTS) is 1. The Morgan fingerprint density at radius 3 is 2.57 bits per heavy atom. The number of nitrogens with one attached hydrogen (secondary N) is 1. The van der Waals surface area contributed by atoms with E-state index in [4.69, 9.17) is 11.6 Å². The number of carbonyl (C=O) groups excluding carboxylic acids is 1. The van der Waals surface area contributed by atoms with E-state index in [9.17, 15) is 14.7 Å². The second-order valence-electron chi connectivity index (χ2n) is 9.50. The summed E-state index contributed by atoms with van der Waals surface area (Å²) in [6.07, 6.45) is 6.79. The molecule has 4 aliphatic carbocycles. The van der Waals surface area contributed by atoms with Crippen LogP contribution in [0.15, 0.2) is 41.3 Å². The number of carbonyl (C=O) groups is 1. The summed E-state index contributed by atoms with van der Waals surface area (Å²) in [4.78, 5) is 25.2. The van der Waals surface area contributed by atoms with E-state index in [0.717, 1.165) is 25.7 Å². The first-order chi connectivity index (χ1) is 14.4. The molecular weight excluding hydrogens is 402 g/mol. The number of benzene rings is 1. The average molecular weight is 427 g/mol. The van der Waals surface area contributed by atoms with Crippen LogP contribution in [0.4, 0.5) is 5.69 Å². The maximum atomic E-state index is 13.2. The second kappa shape index (κ2) is 7.12. The molecule has 158 valence electrons. The summed E-state index contributed by atoms with van der Waals surface area (Å²) in [5.74, 6) is -0.361. The number of hydrogen-bond donors (Lipinski definition) is 1. The highest BCUT2D eigenvalue weighted by molar-refractivity contribution is 6.32. The summed E-state index contributed by atoms with van der Waals surface area (Å²) >= 11 is 6.45. The van der Waals surface area contributed by atoms with Crippen LogP contribution in [-0.2, 0) is 16.8 Å². The van der Waals surface area contributed by atoms with Gasteiger partial charge >= 0.3 is 0 Å². The van der Waals surface area contributed by atoms with Crippen LogP contribution >= 0.6 is 11.6 Å². The summed E-state index contributed by atoms with van der Waals surface area (Å²) in [6, 6.07) is 10.1. The van der Waals surface area contributed by atoms with Crippen LogP contribution in [0.1, 0.15) is 44.1 Å². The monoisotopic (exact) mass is 426 g/mol. The predicted octanol–water partition coefficient (Wildman–Crippen LogP) is 2.60. The van der Waals surface area contributed by atoms with Crippen molar-refractivity contribution in [3.05, 3.63) is 57.5 Å². The average Bonchev–Trinajstić information content (AvgIpc) is 2.71. The van der Waals surface area contributed by atoms with Crippen LogP contribution in [0.2, 0.25) is 5.02 Å². The molecule has 1 aromatic heterocycles. The third-order valence-electron chi connectivity index (χ3n) is 7.40. The molecule has 1 N–H and O–H groups in total. The van der Waals surface area contributed by atoms with E-state index in [2.05, 4.69) is 22.5 Å². The Kier molecular flexibility index (Phi) is 4.65. The molecule has 0 saturated heterocycles. The van der Waals surface area contributed by atoms with E-state index < -0.39 is 16.9 Å². The summed E-state index contributed by atoms with van der Waals surface area (Å²) in [5, 5.41) is 19.8. The summed E-state index contributed by atoms with van der Waals surface area (Å²) in [7, 11) is 0. The number of carboxylic acids is 1. The molecule has 30 heavy (non-hydrogen) atoms. The van der Waals surface area contributed by atoms with Gasteiger partial charge in [-0.2, -0.15) is 5.10 Å². The van der Waals surface area contributed by atoms with Crippen LogP contribution in [0, 0.1) is 17.3 Å². The zero-order valence-corrected chi connectivity index (χ0v) is 17.5. The highest BCUT2D eigenvalue weighted by atomic mass is 35.5. The molecule has 7 heteroatoms. The van der Waals surface area contributed by atoms with Crippen LogP contribution in [0.25, 0.3) is 0 Å². The van der Waals surface area contributed by atoms with Crippen LogP contribution in [0.5, 0.6) is 0 Å². The van der Waals surface area contributed by atoms with E-state index in [1.807, 2.05) is 18.2 Å². The summed E-state index contributed by atoms with van der Waals surface area (Å²) in [6.45, 7) is 0.637. The molecule has 6 nitrogen and oxygen atoms in total. The molecule has 0 amide bonds. The lowest BCUT2D eigenvalue weighted by molar-refractivity contribution is -0.329.